The van der Waals surface area contributed by atoms with E-state index in [1.807, 2.05) is 18.2 Å². The second kappa shape index (κ2) is 7.85. The molecule has 1 heterocycles. The number of carbonyl (C=O) groups excluding carboxylic acids is 1. The lowest BCUT2D eigenvalue weighted by molar-refractivity contribution is -0.119. The Balaban J connectivity index is 1.51. The summed E-state index contributed by atoms with van der Waals surface area (Å²) < 4.78 is 19.2. The number of hydrogen-bond donors (Lipinski definition) is 2. The number of halogens is 2. The van der Waals surface area contributed by atoms with E-state index in [9.17, 15) is 9.18 Å². The number of amides is 1. The fourth-order valence-electron chi connectivity index (χ4n) is 2.27. The Morgan fingerprint density at radius 2 is 1.80 bits per heavy atom. The van der Waals surface area contributed by atoms with Crippen molar-refractivity contribution < 1.29 is 13.6 Å². The second-order valence-corrected chi connectivity index (χ2v) is 5.82. The van der Waals surface area contributed by atoms with Gasteiger partial charge in [0.15, 0.2) is 0 Å². The van der Waals surface area contributed by atoms with Gasteiger partial charge >= 0.3 is 0 Å². The van der Waals surface area contributed by atoms with Crippen molar-refractivity contribution in [3.63, 3.8) is 0 Å². The van der Waals surface area contributed by atoms with Crippen molar-refractivity contribution in [3.8, 4) is 11.3 Å². The highest BCUT2D eigenvalue weighted by Crippen LogP contribution is 2.23. The summed E-state index contributed by atoms with van der Waals surface area (Å²) >= 11 is 5.87. The lowest BCUT2D eigenvalue weighted by Crippen LogP contribution is -2.29. The summed E-state index contributed by atoms with van der Waals surface area (Å²) in [5.74, 6) is 0.677. The Hall–Kier alpha value is -2.79. The van der Waals surface area contributed by atoms with Crippen molar-refractivity contribution in [2.75, 3.05) is 11.9 Å². The Morgan fingerprint density at radius 1 is 1.04 bits per heavy atom. The van der Waals surface area contributed by atoms with Crippen LogP contribution in [0.5, 0.6) is 0 Å². The number of benzene rings is 2. The van der Waals surface area contributed by atoms with E-state index in [0.717, 1.165) is 5.56 Å². The predicted molar refractivity (Wildman–Crippen MR) is 95.9 cm³/mol. The van der Waals surface area contributed by atoms with E-state index >= 15 is 0 Å². The van der Waals surface area contributed by atoms with Gasteiger partial charge in [-0.25, -0.2) is 4.39 Å². The summed E-state index contributed by atoms with van der Waals surface area (Å²) in [5, 5.41) is 6.14. The van der Waals surface area contributed by atoms with Crippen LogP contribution in [0.15, 0.2) is 65.1 Å². The van der Waals surface area contributed by atoms with Gasteiger partial charge in [-0.15, -0.1) is 0 Å². The molecule has 3 aromatic rings. The standard InChI is InChI=1S/C19H16ClFN2O2/c20-14-7-5-13(6-8-14)18-10-9-15(25-18)11-23-19(24)12-22-17-4-2-1-3-16(17)21/h1-10,22H,11-12H2,(H,23,24). The highest BCUT2D eigenvalue weighted by atomic mass is 35.5. The monoisotopic (exact) mass is 358 g/mol. The van der Waals surface area contributed by atoms with Gasteiger partial charge in [-0.1, -0.05) is 23.7 Å². The van der Waals surface area contributed by atoms with Crippen LogP contribution in [0.3, 0.4) is 0 Å². The predicted octanol–water partition coefficient (Wildman–Crippen LogP) is 4.47. The highest BCUT2D eigenvalue weighted by molar-refractivity contribution is 6.30. The maximum atomic E-state index is 13.5. The molecule has 2 aromatic carbocycles. The molecule has 0 bridgehead atoms. The van der Waals surface area contributed by atoms with Crippen LogP contribution in [-0.4, -0.2) is 12.5 Å². The van der Waals surface area contributed by atoms with E-state index < -0.39 is 5.82 Å². The van der Waals surface area contributed by atoms with Gasteiger partial charge in [0.1, 0.15) is 17.3 Å². The molecule has 0 saturated heterocycles. The Morgan fingerprint density at radius 3 is 2.56 bits per heavy atom. The van der Waals surface area contributed by atoms with E-state index in [2.05, 4.69) is 10.6 Å². The molecule has 2 N–H and O–H groups in total. The van der Waals surface area contributed by atoms with Gasteiger partial charge in [0.2, 0.25) is 5.91 Å². The zero-order valence-electron chi connectivity index (χ0n) is 13.3. The van der Waals surface area contributed by atoms with Gasteiger partial charge in [0.25, 0.3) is 0 Å². The number of furan rings is 1. The Labute approximate surface area is 149 Å². The molecule has 1 amide bonds. The van der Waals surface area contributed by atoms with Crippen LogP contribution >= 0.6 is 11.6 Å². The minimum Gasteiger partial charge on any atom is -0.459 e. The highest BCUT2D eigenvalue weighted by Gasteiger charge is 2.08. The topological polar surface area (TPSA) is 54.3 Å². The van der Waals surface area contributed by atoms with Crippen molar-refractivity contribution in [3.05, 3.63) is 77.3 Å². The van der Waals surface area contributed by atoms with Crippen molar-refractivity contribution >= 4 is 23.2 Å². The van der Waals surface area contributed by atoms with Gasteiger partial charge in [0, 0.05) is 10.6 Å². The van der Waals surface area contributed by atoms with E-state index in [4.69, 9.17) is 16.0 Å². The summed E-state index contributed by atoms with van der Waals surface area (Å²) in [7, 11) is 0. The quantitative estimate of drug-likeness (QED) is 0.683. The van der Waals surface area contributed by atoms with Gasteiger partial charge in [-0.05, 0) is 48.5 Å². The molecule has 0 saturated carbocycles. The fraction of sp³-hybridized carbons (Fsp3) is 0.105. The van der Waals surface area contributed by atoms with Gasteiger partial charge in [-0.2, -0.15) is 0 Å². The number of anilines is 1. The van der Waals surface area contributed by atoms with Crippen LogP contribution in [0.25, 0.3) is 11.3 Å². The second-order valence-electron chi connectivity index (χ2n) is 5.38. The van der Waals surface area contributed by atoms with E-state index in [-0.39, 0.29) is 19.0 Å². The Kier molecular flexibility index (Phi) is 5.36. The molecule has 0 aliphatic rings. The summed E-state index contributed by atoms with van der Waals surface area (Å²) in [4.78, 5) is 11.9. The molecule has 1 aromatic heterocycles. The summed E-state index contributed by atoms with van der Waals surface area (Å²) in [6, 6.07) is 17.1. The van der Waals surface area contributed by atoms with E-state index in [1.165, 1.54) is 6.07 Å². The first kappa shape index (κ1) is 17.0. The molecule has 4 nitrogen and oxygen atoms in total. The average molecular weight is 359 g/mol. The van der Waals surface area contributed by atoms with Crippen molar-refractivity contribution in [2.24, 2.45) is 0 Å². The number of para-hydroxylation sites is 1. The molecular weight excluding hydrogens is 343 g/mol. The van der Waals surface area contributed by atoms with Crippen LogP contribution in [0.1, 0.15) is 5.76 Å². The number of rotatable bonds is 6. The smallest absolute Gasteiger partial charge is 0.239 e. The van der Waals surface area contributed by atoms with Gasteiger partial charge in [-0.3, -0.25) is 4.79 Å². The minimum absolute atomic E-state index is 0.0221. The summed E-state index contributed by atoms with van der Waals surface area (Å²) in [6.45, 7) is 0.233. The molecule has 3 rings (SSSR count). The van der Waals surface area contributed by atoms with Crippen molar-refractivity contribution in [1.82, 2.24) is 5.32 Å². The molecule has 0 fully saturated rings. The van der Waals surface area contributed by atoms with Crippen LogP contribution in [0.2, 0.25) is 5.02 Å². The molecule has 128 valence electrons. The fourth-order valence-corrected chi connectivity index (χ4v) is 2.40. The third kappa shape index (κ3) is 4.61. The maximum absolute atomic E-state index is 13.5. The SMILES string of the molecule is O=C(CNc1ccccc1F)NCc1ccc(-c2ccc(Cl)cc2)o1. The zero-order valence-corrected chi connectivity index (χ0v) is 14.0. The molecule has 0 aliphatic carbocycles. The largest absolute Gasteiger partial charge is 0.459 e. The first-order valence-corrected chi connectivity index (χ1v) is 8.09. The number of carbonyl (C=O) groups is 1. The number of hydrogen-bond acceptors (Lipinski definition) is 3. The lowest BCUT2D eigenvalue weighted by atomic mass is 10.2. The summed E-state index contributed by atoms with van der Waals surface area (Å²) in [5.41, 5.74) is 1.20. The minimum atomic E-state index is -0.394. The first-order valence-electron chi connectivity index (χ1n) is 7.71. The molecule has 0 radical (unpaired) electrons. The van der Waals surface area contributed by atoms with Crippen LogP contribution in [-0.2, 0) is 11.3 Å². The lowest BCUT2D eigenvalue weighted by Gasteiger charge is -2.07. The first-order chi connectivity index (χ1) is 12.1. The van der Waals surface area contributed by atoms with Crippen LogP contribution in [0.4, 0.5) is 10.1 Å². The normalized spacial score (nSPS) is 10.5. The van der Waals surface area contributed by atoms with E-state index in [0.29, 0.717) is 22.2 Å². The molecule has 0 unspecified atom stereocenters. The Bertz CT molecular complexity index is 862. The zero-order chi connectivity index (χ0) is 17.6. The molecule has 25 heavy (non-hydrogen) atoms. The maximum Gasteiger partial charge on any atom is 0.239 e. The third-order valence-electron chi connectivity index (χ3n) is 3.56. The summed E-state index contributed by atoms with van der Waals surface area (Å²) in [6.07, 6.45) is 0. The van der Waals surface area contributed by atoms with E-state index in [1.54, 1.807) is 36.4 Å². The molecule has 0 atom stereocenters. The molecule has 0 spiro atoms. The van der Waals surface area contributed by atoms with Crippen molar-refractivity contribution in [1.29, 1.82) is 0 Å². The van der Waals surface area contributed by atoms with Gasteiger partial charge in [0.05, 0.1) is 18.8 Å². The van der Waals surface area contributed by atoms with Crippen LogP contribution in [0, 0.1) is 5.82 Å². The molecular formula is C19H16ClFN2O2. The van der Waals surface area contributed by atoms with Crippen LogP contribution < -0.4 is 10.6 Å². The molecule has 6 heteroatoms. The van der Waals surface area contributed by atoms with Gasteiger partial charge < -0.3 is 15.1 Å². The number of nitrogens with one attached hydrogen (secondary N) is 2. The average Bonchev–Trinajstić information content (AvgIpc) is 3.09. The van der Waals surface area contributed by atoms with Crippen molar-refractivity contribution in [2.45, 2.75) is 6.54 Å². The third-order valence-corrected chi connectivity index (χ3v) is 3.82. The molecule has 0 aliphatic heterocycles.